The monoisotopic (exact) mass is 255 g/mol. The van der Waals surface area contributed by atoms with Gasteiger partial charge in [0.15, 0.2) is 0 Å². The van der Waals surface area contributed by atoms with Gasteiger partial charge >= 0.3 is 0 Å². The zero-order valence-corrected chi connectivity index (χ0v) is 11.9. The summed E-state index contributed by atoms with van der Waals surface area (Å²) in [5, 5.41) is 9.83. The Balaban J connectivity index is 2.26. The molecule has 1 aromatic rings. The van der Waals surface area contributed by atoms with Crippen LogP contribution >= 0.6 is 11.5 Å². The van der Waals surface area contributed by atoms with Gasteiger partial charge in [-0.25, -0.2) is 0 Å². The van der Waals surface area contributed by atoms with Gasteiger partial charge < -0.3 is 5.32 Å². The molecule has 0 bridgehead atoms. The Labute approximate surface area is 109 Å². The van der Waals surface area contributed by atoms with E-state index >= 15 is 0 Å². The molecule has 1 unspecified atom stereocenters. The van der Waals surface area contributed by atoms with Crippen molar-refractivity contribution in [2.24, 2.45) is 0 Å². The van der Waals surface area contributed by atoms with Crippen LogP contribution in [0.3, 0.4) is 0 Å². The van der Waals surface area contributed by atoms with E-state index in [2.05, 4.69) is 34.1 Å². The van der Waals surface area contributed by atoms with Gasteiger partial charge in [-0.05, 0) is 30.9 Å². The fraction of sp³-hybridized carbons (Fsp3) is 0.846. The first-order valence-electron chi connectivity index (χ1n) is 6.88. The van der Waals surface area contributed by atoms with Crippen LogP contribution in [0.5, 0.6) is 0 Å². The van der Waals surface area contributed by atoms with Crippen LogP contribution < -0.4 is 5.32 Å². The van der Waals surface area contributed by atoms with Crippen molar-refractivity contribution in [3.05, 3.63) is 11.1 Å². The molecule has 0 aliphatic rings. The number of hydrogen-bond donors (Lipinski definition) is 1. The van der Waals surface area contributed by atoms with Gasteiger partial charge in [-0.1, -0.05) is 50.4 Å². The van der Waals surface area contributed by atoms with E-state index in [1.54, 1.807) is 0 Å². The molecule has 1 aromatic heterocycles. The van der Waals surface area contributed by atoms with Crippen LogP contribution in [0.1, 0.15) is 70.5 Å². The summed E-state index contributed by atoms with van der Waals surface area (Å²) < 4.78 is 3.96. The van der Waals surface area contributed by atoms with E-state index in [1.165, 1.54) is 56.5 Å². The van der Waals surface area contributed by atoms with E-state index in [-0.39, 0.29) is 0 Å². The third-order valence-corrected chi connectivity index (χ3v) is 3.49. The second-order valence-corrected chi connectivity index (χ2v) is 5.15. The van der Waals surface area contributed by atoms with E-state index in [1.807, 2.05) is 0 Å². The number of nitrogens with zero attached hydrogens (tertiary/aromatic N) is 2. The minimum Gasteiger partial charge on any atom is -0.309 e. The highest BCUT2D eigenvalue weighted by molar-refractivity contribution is 7.03. The molecule has 1 rings (SSSR count). The van der Waals surface area contributed by atoms with Gasteiger partial charge in [-0.2, -0.15) is 0 Å². The van der Waals surface area contributed by atoms with Gasteiger partial charge in [0.25, 0.3) is 0 Å². The zero-order valence-electron chi connectivity index (χ0n) is 11.1. The van der Waals surface area contributed by atoms with Crippen molar-refractivity contribution in [3.8, 4) is 0 Å². The second-order valence-electron chi connectivity index (χ2n) is 4.54. The highest BCUT2D eigenvalue weighted by Gasteiger charge is 2.12. The predicted octanol–water partition coefficient (Wildman–Crippen LogP) is 3.94. The van der Waals surface area contributed by atoms with Crippen molar-refractivity contribution in [2.75, 3.05) is 6.54 Å². The van der Waals surface area contributed by atoms with E-state index in [9.17, 15) is 0 Å². The molecule has 0 spiro atoms. The smallest absolute Gasteiger partial charge is 0.0924 e. The summed E-state index contributed by atoms with van der Waals surface area (Å²) in [5.74, 6) is 0. The Hall–Kier alpha value is -0.480. The minimum absolute atomic E-state index is 0.412. The zero-order chi connectivity index (χ0) is 12.3. The maximum absolute atomic E-state index is 4.19. The molecule has 4 heteroatoms. The highest BCUT2D eigenvalue weighted by atomic mass is 32.1. The normalized spacial score (nSPS) is 12.8. The molecule has 1 heterocycles. The summed E-state index contributed by atoms with van der Waals surface area (Å²) >= 11 is 1.45. The third kappa shape index (κ3) is 6.13. The van der Waals surface area contributed by atoms with Gasteiger partial charge in [0.2, 0.25) is 0 Å². The van der Waals surface area contributed by atoms with Crippen LogP contribution in [0.2, 0.25) is 0 Å². The molecule has 98 valence electrons. The van der Waals surface area contributed by atoms with Gasteiger partial charge in [0.05, 0.1) is 11.7 Å². The van der Waals surface area contributed by atoms with E-state index in [4.69, 9.17) is 0 Å². The van der Waals surface area contributed by atoms with E-state index in [0.717, 1.165) is 12.2 Å². The summed E-state index contributed by atoms with van der Waals surface area (Å²) in [6.07, 6.45) is 9.04. The lowest BCUT2D eigenvalue weighted by molar-refractivity contribution is 0.459. The molecule has 0 aromatic carbocycles. The quantitative estimate of drug-likeness (QED) is 0.643. The van der Waals surface area contributed by atoms with Gasteiger partial charge in [-0.15, -0.1) is 5.10 Å². The lowest BCUT2D eigenvalue weighted by Gasteiger charge is -2.15. The Kier molecular flexibility index (Phi) is 8.18. The summed E-state index contributed by atoms with van der Waals surface area (Å²) in [6, 6.07) is 0.412. The molecule has 0 fully saturated rings. The number of aromatic nitrogens is 2. The molecule has 0 amide bonds. The lowest BCUT2D eigenvalue weighted by atomic mass is 10.0. The molecule has 0 aliphatic carbocycles. The van der Waals surface area contributed by atoms with Crippen molar-refractivity contribution in [3.63, 3.8) is 0 Å². The van der Waals surface area contributed by atoms with Crippen molar-refractivity contribution >= 4 is 11.5 Å². The molecule has 0 aliphatic heterocycles. The molecule has 3 nitrogen and oxygen atoms in total. The Morgan fingerprint density at radius 3 is 2.65 bits per heavy atom. The Morgan fingerprint density at radius 2 is 2.00 bits per heavy atom. The molecule has 0 saturated heterocycles. The lowest BCUT2D eigenvalue weighted by Crippen LogP contribution is -2.22. The van der Waals surface area contributed by atoms with E-state index < -0.39 is 0 Å². The molecule has 0 saturated carbocycles. The maximum Gasteiger partial charge on any atom is 0.0924 e. The van der Waals surface area contributed by atoms with Gasteiger partial charge in [0, 0.05) is 5.38 Å². The molecule has 0 radical (unpaired) electrons. The van der Waals surface area contributed by atoms with Crippen LogP contribution in [0.4, 0.5) is 0 Å². The summed E-state index contributed by atoms with van der Waals surface area (Å²) in [6.45, 7) is 5.52. The van der Waals surface area contributed by atoms with Gasteiger partial charge in [-0.3, -0.25) is 0 Å². The number of unbranched alkanes of at least 4 members (excludes halogenated alkanes) is 4. The summed E-state index contributed by atoms with van der Waals surface area (Å²) in [5.41, 5.74) is 1.12. The SMILES string of the molecule is CCCCCCCC(NCCC)c1csnn1. The van der Waals surface area contributed by atoms with E-state index in [0.29, 0.717) is 6.04 Å². The fourth-order valence-electron chi connectivity index (χ4n) is 1.95. The average Bonchev–Trinajstić information content (AvgIpc) is 2.86. The van der Waals surface area contributed by atoms with Crippen molar-refractivity contribution < 1.29 is 0 Å². The number of nitrogens with one attached hydrogen (secondary N) is 1. The number of rotatable bonds is 10. The predicted molar refractivity (Wildman–Crippen MR) is 74.3 cm³/mol. The number of hydrogen-bond acceptors (Lipinski definition) is 4. The third-order valence-electron chi connectivity index (χ3n) is 2.97. The van der Waals surface area contributed by atoms with Gasteiger partial charge in [0.1, 0.15) is 0 Å². The molecule has 1 N–H and O–H groups in total. The molecule has 1 atom stereocenters. The first-order valence-corrected chi connectivity index (χ1v) is 7.72. The Bertz CT molecular complexity index is 262. The maximum atomic E-state index is 4.19. The molecule has 17 heavy (non-hydrogen) atoms. The van der Waals surface area contributed by atoms with Crippen LogP contribution in [0, 0.1) is 0 Å². The summed E-state index contributed by atoms with van der Waals surface area (Å²) in [7, 11) is 0. The standard InChI is InChI=1S/C13H25N3S/c1-3-5-6-7-8-9-12(14-10-4-2)13-11-17-16-15-13/h11-12,14H,3-10H2,1-2H3. The minimum atomic E-state index is 0.412. The molecular formula is C13H25N3S. The van der Waals surface area contributed by atoms with Crippen molar-refractivity contribution in [1.82, 2.24) is 14.9 Å². The average molecular weight is 255 g/mol. The first-order chi connectivity index (χ1) is 8.38. The van der Waals surface area contributed by atoms with Crippen LogP contribution in [-0.2, 0) is 0 Å². The van der Waals surface area contributed by atoms with Crippen LogP contribution in [0.25, 0.3) is 0 Å². The van der Waals surface area contributed by atoms with Crippen LogP contribution in [0.15, 0.2) is 5.38 Å². The fourth-order valence-corrected chi connectivity index (χ4v) is 2.46. The molecular weight excluding hydrogens is 230 g/mol. The van der Waals surface area contributed by atoms with Crippen LogP contribution in [-0.4, -0.2) is 16.1 Å². The van der Waals surface area contributed by atoms with Crippen molar-refractivity contribution in [1.29, 1.82) is 0 Å². The summed E-state index contributed by atoms with van der Waals surface area (Å²) in [4.78, 5) is 0. The highest BCUT2D eigenvalue weighted by Crippen LogP contribution is 2.19. The topological polar surface area (TPSA) is 37.8 Å². The largest absolute Gasteiger partial charge is 0.309 e. The van der Waals surface area contributed by atoms with Crippen molar-refractivity contribution in [2.45, 2.75) is 64.8 Å². The first kappa shape index (κ1) is 14.6. The second kappa shape index (κ2) is 9.54. The Morgan fingerprint density at radius 1 is 1.18 bits per heavy atom.